The van der Waals surface area contributed by atoms with E-state index in [1.165, 1.54) is 11.6 Å². The normalized spacial score (nSPS) is 14.2. The summed E-state index contributed by atoms with van der Waals surface area (Å²) in [5.74, 6) is -0.511. The Balaban J connectivity index is 1.35. The number of nitrogens with zero attached hydrogens (tertiary/aromatic N) is 1. The van der Waals surface area contributed by atoms with Gasteiger partial charge in [-0.3, -0.25) is 14.9 Å². The number of hydrogen-bond acceptors (Lipinski definition) is 5. The van der Waals surface area contributed by atoms with E-state index in [0.717, 1.165) is 26.1 Å². The molecule has 1 aliphatic heterocycles. The number of urea groups is 1. The van der Waals surface area contributed by atoms with Gasteiger partial charge in [0.05, 0.1) is 5.69 Å². The molecule has 0 radical (unpaired) electrons. The molecule has 0 saturated carbocycles. The first-order chi connectivity index (χ1) is 20.2. The van der Waals surface area contributed by atoms with Crippen LogP contribution in [0.25, 0.3) is 6.08 Å². The molecule has 1 heterocycles. The highest BCUT2D eigenvalue weighted by Gasteiger charge is 2.37. The second-order valence-electron chi connectivity index (χ2n) is 9.76. The maximum Gasteiger partial charge on any atom is 0.335 e. The number of ether oxygens (including phenoxy) is 2. The molecular formula is C33H26BrClN2O5. The molecule has 1 fully saturated rings. The second kappa shape index (κ2) is 12.6. The van der Waals surface area contributed by atoms with E-state index in [-0.39, 0.29) is 11.3 Å². The van der Waals surface area contributed by atoms with Gasteiger partial charge in [0.15, 0.2) is 0 Å². The van der Waals surface area contributed by atoms with E-state index in [2.05, 4.69) is 27.3 Å². The first-order valence-electron chi connectivity index (χ1n) is 13.1. The van der Waals surface area contributed by atoms with Crippen molar-refractivity contribution < 1.29 is 23.9 Å². The predicted octanol–water partition coefficient (Wildman–Crippen LogP) is 7.54. The monoisotopic (exact) mass is 644 g/mol. The highest BCUT2D eigenvalue weighted by atomic mass is 79.9. The number of rotatable bonds is 8. The Bertz CT molecular complexity index is 1700. The Morgan fingerprint density at radius 1 is 0.810 bits per heavy atom. The zero-order valence-electron chi connectivity index (χ0n) is 22.8. The number of benzene rings is 4. The van der Waals surface area contributed by atoms with Gasteiger partial charge in [-0.05, 0) is 96.8 Å². The van der Waals surface area contributed by atoms with E-state index in [4.69, 9.17) is 21.1 Å². The third-order valence-corrected chi connectivity index (χ3v) is 7.50. The van der Waals surface area contributed by atoms with Gasteiger partial charge in [-0.25, -0.2) is 9.69 Å². The smallest absolute Gasteiger partial charge is 0.335 e. The van der Waals surface area contributed by atoms with Crippen LogP contribution in [0.2, 0.25) is 5.02 Å². The third kappa shape index (κ3) is 6.73. The highest BCUT2D eigenvalue weighted by Crippen LogP contribution is 2.29. The Kier molecular flexibility index (Phi) is 8.75. The van der Waals surface area contributed by atoms with Gasteiger partial charge in [0.25, 0.3) is 11.8 Å². The molecular weight excluding hydrogens is 620 g/mol. The van der Waals surface area contributed by atoms with E-state index in [1.807, 2.05) is 44.2 Å². The highest BCUT2D eigenvalue weighted by molar-refractivity contribution is 9.10. The average molecular weight is 646 g/mol. The van der Waals surface area contributed by atoms with Crippen molar-refractivity contribution in [3.05, 3.63) is 128 Å². The van der Waals surface area contributed by atoms with Gasteiger partial charge < -0.3 is 9.47 Å². The quantitative estimate of drug-likeness (QED) is 0.158. The molecule has 0 bridgehead atoms. The van der Waals surface area contributed by atoms with Crippen LogP contribution >= 0.6 is 27.5 Å². The first-order valence-corrected chi connectivity index (χ1v) is 14.2. The van der Waals surface area contributed by atoms with Gasteiger partial charge in [0.2, 0.25) is 0 Å². The van der Waals surface area contributed by atoms with Crippen LogP contribution in [0.3, 0.4) is 0 Å². The van der Waals surface area contributed by atoms with Crippen molar-refractivity contribution in [2.24, 2.45) is 0 Å². The summed E-state index contributed by atoms with van der Waals surface area (Å²) in [6, 6.07) is 24.3. The molecule has 4 amide bonds. The molecule has 42 heavy (non-hydrogen) atoms. The summed E-state index contributed by atoms with van der Waals surface area (Å²) in [6.45, 7) is 4.71. The summed E-state index contributed by atoms with van der Waals surface area (Å²) >= 11 is 9.38. The summed E-state index contributed by atoms with van der Waals surface area (Å²) in [6.07, 6.45) is 1.43. The Morgan fingerprint density at radius 2 is 1.50 bits per heavy atom. The molecule has 0 aromatic heterocycles. The van der Waals surface area contributed by atoms with E-state index in [1.54, 1.807) is 48.5 Å². The number of halogens is 2. The van der Waals surface area contributed by atoms with Crippen LogP contribution in [0.4, 0.5) is 10.5 Å². The zero-order chi connectivity index (χ0) is 29.8. The summed E-state index contributed by atoms with van der Waals surface area (Å²) in [4.78, 5) is 40.0. The third-order valence-electron chi connectivity index (χ3n) is 6.75. The summed E-state index contributed by atoms with van der Waals surface area (Å²) < 4.78 is 12.6. The lowest BCUT2D eigenvalue weighted by Crippen LogP contribution is -2.54. The van der Waals surface area contributed by atoms with Crippen LogP contribution in [0.5, 0.6) is 11.5 Å². The van der Waals surface area contributed by atoms with E-state index >= 15 is 0 Å². The van der Waals surface area contributed by atoms with Crippen LogP contribution < -0.4 is 19.7 Å². The van der Waals surface area contributed by atoms with Crippen LogP contribution in [-0.4, -0.2) is 17.8 Å². The number of amides is 4. The molecule has 0 atom stereocenters. The molecule has 5 rings (SSSR count). The lowest BCUT2D eigenvalue weighted by Gasteiger charge is -2.26. The number of imide groups is 2. The minimum absolute atomic E-state index is 0.202. The zero-order valence-corrected chi connectivity index (χ0v) is 25.2. The molecule has 212 valence electrons. The number of carbonyl (C=O) groups excluding carboxylic acids is 3. The van der Waals surface area contributed by atoms with E-state index < -0.39 is 17.8 Å². The van der Waals surface area contributed by atoms with Crippen LogP contribution in [-0.2, 0) is 22.8 Å². The fourth-order valence-corrected chi connectivity index (χ4v) is 4.81. The lowest BCUT2D eigenvalue weighted by molar-refractivity contribution is -0.122. The number of carbonyl (C=O) groups is 3. The van der Waals surface area contributed by atoms with Gasteiger partial charge in [0, 0.05) is 15.1 Å². The first kappa shape index (κ1) is 29.1. The molecule has 9 heteroatoms. The lowest BCUT2D eigenvalue weighted by atomic mass is 10.1. The number of anilines is 1. The Labute approximate surface area is 256 Å². The van der Waals surface area contributed by atoms with Gasteiger partial charge in [0.1, 0.15) is 30.3 Å². The summed E-state index contributed by atoms with van der Waals surface area (Å²) in [7, 11) is 0. The summed E-state index contributed by atoms with van der Waals surface area (Å²) in [5.41, 5.74) is 4.86. The number of aryl methyl sites for hydroxylation is 2. The van der Waals surface area contributed by atoms with Crippen molar-refractivity contribution in [3.8, 4) is 11.5 Å². The molecule has 7 nitrogen and oxygen atoms in total. The van der Waals surface area contributed by atoms with Crippen molar-refractivity contribution in [1.29, 1.82) is 0 Å². The largest absolute Gasteiger partial charge is 0.489 e. The standard InChI is InChI=1S/C33H26BrClN2O5/c1-20-3-4-23(15-21(20)2)19-42-30-14-7-25(34)16-24(30)17-29-31(38)36-33(40)37(32(29)39)27-10-12-28(13-11-27)41-18-22-5-8-26(35)9-6-22/h3-17H,18-19H2,1-2H3,(H,36,38,40)/b29-17+. The summed E-state index contributed by atoms with van der Waals surface area (Å²) in [5, 5.41) is 2.90. The molecule has 1 N–H and O–H groups in total. The fourth-order valence-electron chi connectivity index (χ4n) is 4.30. The Hall–Kier alpha value is -4.40. The molecule has 1 aliphatic rings. The van der Waals surface area contributed by atoms with Crippen molar-refractivity contribution in [1.82, 2.24) is 5.32 Å². The fraction of sp³-hybridized carbons (Fsp3) is 0.121. The topological polar surface area (TPSA) is 84.9 Å². The SMILES string of the molecule is Cc1ccc(COc2ccc(Br)cc2/C=C2\C(=O)NC(=O)N(c3ccc(OCc4ccc(Cl)cc4)cc3)C2=O)cc1C. The number of hydrogen-bond donors (Lipinski definition) is 1. The number of nitrogens with one attached hydrogen (secondary N) is 1. The van der Waals surface area contributed by atoms with Gasteiger partial charge in [-0.15, -0.1) is 0 Å². The second-order valence-corrected chi connectivity index (χ2v) is 11.1. The number of barbiturate groups is 1. The van der Waals surface area contributed by atoms with Crippen LogP contribution in [0, 0.1) is 13.8 Å². The molecule has 1 saturated heterocycles. The van der Waals surface area contributed by atoms with Gasteiger partial charge in [-0.2, -0.15) is 0 Å². The molecule has 0 unspecified atom stereocenters. The van der Waals surface area contributed by atoms with Crippen molar-refractivity contribution in [2.75, 3.05) is 4.90 Å². The van der Waals surface area contributed by atoms with Crippen LogP contribution in [0.15, 0.2) is 95.0 Å². The molecule has 4 aromatic rings. The maximum atomic E-state index is 13.5. The van der Waals surface area contributed by atoms with Gasteiger partial charge >= 0.3 is 6.03 Å². The van der Waals surface area contributed by atoms with Crippen molar-refractivity contribution in [3.63, 3.8) is 0 Å². The molecule has 0 aliphatic carbocycles. The van der Waals surface area contributed by atoms with E-state index in [0.29, 0.717) is 35.3 Å². The van der Waals surface area contributed by atoms with Crippen molar-refractivity contribution in [2.45, 2.75) is 27.1 Å². The van der Waals surface area contributed by atoms with Crippen LogP contribution in [0.1, 0.15) is 27.8 Å². The Morgan fingerprint density at radius 3 is 2.21 bits per heavy atom. The van der Waals surface area contributed by atoms with Crippen molar-refractivity contribution >= 4 is 57.1 Å². The maximum absolute atomic E-state index is 13.5. The van der Waals surface area contributed by atoms with Gasteiger partial charge in [-0.1, -0.05) is 57.9 Å². The molecule has 0 spiro atoms. The average Bonchev–Trinajstić information content (AvgIpc) is 2.97. The molecule has 4 aromatic carbocycles. The van der Waals surface area contributed by atoms with E-state index in [9.17, 15) is 14.4 Å². The minimum Gasteiger partial charge on any atom is -0.489 e. The predicted molar refractivity (Wildman–Crippen MR) is 166 cm³/mol. The minimum atomic E-state index is -0.836.